The number of nitrogens with zero attached hydrogens (tertiary/aromatic N) is 1. The van der Waals surface area contributed by atoms with Crippen LogP contribution in [-0.4, -0.2) is 37.7 Å². The van der Waals surface area contributed by atoms with Crippen molar-refractivity contribution in [2.75, 3.05) is 25.6 Å². The Labute approximate surface area is 104 Å². The predicted molar refractivity (Wildman–Crippen MR) is 65.9 cm³/mol. The Morgan fingerprint density at radius 3 is 2.71 bits per heavy atom. The van der Waals surface area contributed by atoms with Crippen LogP contribution in [0.1, 0.15) is 21.7 Å². The molecule has 0 spiro atoms. The normalized spacial score (nSPS) is 10.1. The van der Waals surface area contributed by atoms with Crippen molar-refractivity contribution < 1.29 is 19.4 Å². The first kappa shape index (κ1) is 13.5. The van der Waals surface area contributed by atoms with Crippen molar-refractivity contribution in [1.82, 2.24) is 0 Å². The molecule has 0 aliphatic heterocycles. The fraction of sp³-hybridized carbons (Fsp3) is 0.455. The monoisotopic (exact) mass is 257 g/mol. The minimum atomic E-state index is -0.857. The van der Waals surface area contributed by atoms with Crippen molar-refractivity contribution in [3.05, 3.63) is 16.5 Å². The van der Waals surface area contributed by atoms with Crippen LogP contribution in [0.2, 0.25) is 0 Å². The second-order valence-corrected chi connectivity index (χ2v) is 4.87. The number of carbonyl (C=O) groups is 2. The summed E-state index contributed by atoms with van der Waals surface area (Å²) in [7, 11) is 3.09. The molecule has 1 aromatic rings. The molecular formula is C11H15NO4S. The van der Waals surface area contributed by atoms with Gasteiger partial charge in [-0.15, -0.1) is 11.3 Å². The zero-order valence-corrected chi connectivity index (χ0v) is 10.8. The van der Waals surface area contributed by atoms with Gasteiger partial charge in [0.05, 0.1) is 19.1 Å². The molecule has 0 aliphatic rings. The quantitative estimate of drug-likeness (QED) is 0.814. The highest BCUT2D eigenvalue weighted by Gasteiger charge is 2.18. The first-order chi connectivity index (χ1) is 7.95. The molecule has 0 saturated carbocycles. The average molecular weight is 257 g/mol. The number of anilines is 1. The molecule has 1 rings (SSSR count). The van der Waals surface area contributed by atoms with Crippen LogP contribution in [0.3, 0.4) is 0 Å². The molecule has 0 atom stereocenters. The number of aliphatic carboxylic acids is 1. The zero-order chi connectivity index (χ0) is 13.0. The van der Waals surface area contributed by atoms with Gasteiger partial charge in [-0.25, -0.2) is 4.79 Å². The number of aryl methyl sites for hydroxylation is 1. The fourth-order valence-electron chi connectivity index (χ4n) is 1.41. The van der Waals surface area contributed by atoms with E-state index >= 15 is 0 Å². The fourth-order valence-corrected chi connectivity index (χ4v) is 2.39. The molecule has 5 nitrogen and oxygen atoms in total. The van der Waals surface area contributed by atoms with E-state index in [1.807, 2.05) is 6.92 Å². The Kier molecular flexibility index (Phi) is 4.51. The largest absolute Gasteiger partial charge is 0.481 e. The van der Waals surface area contributed by atoms with Gasteiger partial charge >= 0.3 is 11.9 Å². The summed E-state index contributed by atoms with van der Waals surface area (Å²) in [5.41, 5.74) is 0.489. The van der Waals surface area contributed by atoms with E-state index in [-0.39, 0.29) is 6.42 Å². The van der Waals surface area contributed by atoms with E-state index in [1.54, 1.807) is 18.0 Å². The van der Waals surface area contributed by atoms with Crippen LogP contribution in [0.25, 0.3) is 0 Å². The molecule has 1 aromatic heterocycles. The minimum Gasteiger partial charge on any atom is -0.481 e. The van der Waals surface area contributed by atoms with Crippen molar-refractivity contribution in [1.29, 1.82) is 0 Å². The summed E-state index contributed by atoms with van der Waals surface area (Å²) in [6.07, 6.45) is 0.0358. The van der Waals surface area contributed by atoms with E-state index in [1.165, 1.54) is 18.4 Å². The van der Waals surface area contributed by atoms with Crippen LogP contribution in [-0.2, 0) is 9.53 Å². The number of thiophene rings is 1. The molecule has 0 amide bonds. The molecule has 0 unspecified atom stereocenters. The van der Waals surface area contributed by atoms with Gasteiger partial charge in [-0.05, 0) is 13.0 Å². The number of hydrogen-bond donors (Lipinski definition) is 1. The molecule has 1 N–H and O–H groups in total. The van der Waals surface area contributed by atoms with Gasteiger partial charge in [-0.1, -0.05) is 0 Å². The second-order valence-electron chi connectivity index (χ2n) is 3.63. The lowest BCUT2D eigenvalue weighted by molar-refractivity contribution is -0.136. The minimum absolute atomic E-state index is 0.0358. The number of carboxylic acids is 1. The maximum atomic E-state index is 11.5. The number of hydrogen-bond acceptors (Lipinski definition) is 5. The highest BCUT2D eigenvalue weighted by atomic mass is 32.1. The SMILES string of the molecule is COC(=O)c1cc(C)sc1N(C)CCC(=O)O. The second kappa shape index (κ2) is 5.67. The Bertz CT molecular complexity index is 427. The van der Waals surface area contributed by atoms with E-state index in [9.17, 15) is 9.59 Å². The number of carboxylic acid groups (broad SMARTS) is 1. The van der Waals surface area contributed by atoms with Crippen LogP contribution in [0.15, 0.2) is 6.07 Å². The van der Waals surface area contributed by atoms with Crippen molar-refractivity contribution in [2.45, 2.75) is 13.3 Å². The third kappa shape index (κ3) is 3.45. The maximum Gasteiger partial charge on any atom is 0.340 e. The van der Waals surface area contributed by atoms with Crippen LogP contribution in [0, 0.1) is 6.92 Å². The van der Waals surface area contributed by atoms with Gasteiger partial charge in [0, 0.05) is 18.5 Å². The molecule has 0 aliphatic carbocycles. The van der Waals surface area contributed by atoms with Crippen molar-refractivity contribution >= 4 is 28.3 Å². The third-order valence-electron chi connectivity index (χ3n) is 2.25. The van der Waals surface area contributed by atoms with E-state index in [2.05, 4.69) is 0 Å². The highest BCUT2D eigenvalue weighted by molar-refractivity contribution is 7.16. The molecular weight excluding hydrogens is 242 g/mol. The average Bonchev–Trinajstić information content (AvgIpc) is 2.67. The van der Waals surface area contributed by atoms with Crippen LogP contribution in [0.4, 0.5) is 5.00 Å². The molecule has 94 valence electrons. The molecule has 0 aromatic carbocycles. The lowest BCUT2D eigenvalue weighted by atomic mass is 10.3. The lowest BCUT2D eigenvalue weighted by Crippen LogP contribution is -2.22. The van der Waals surface area contributed by atoms with Crippen LogP contribution in [0.5, 0.6) is 0 Å². The third-order valence-corrected chi connectivity index (χ3v) is 3.41. The molecule has 0 fully saturated rings. The Balaban J connectivity index is 2.88. The van der Waals surface area contributed by atoms with Gasteiger partial charge in [-0.3, -0.25) is 4.79 Å². The summed E-state index contributed by atoms with van der Waals surface area (Å²) in [5, 5.41) is 9.37. The van der Waals surface area contributed by atoms with E-state index in [0.717, 1.165) is 9.88 Å². The van der Waals surface area contributed by atoms with Gasteiger partial charge in [0.15, 0.2) is 0 Å². The summed E-state index contributed by atoms with van der Waals surface area (Å²) in [4.78, 5) is 24.8. The summed E-state index contributed by atoms with van der Waals surface area (Å²) < 4.78 is 4.69. The molecule has 6 heteroatoms. The van der Waals surface area contributed by atoms with Gasteiger partial charge in [0.1, 0.15) is 5.00 Å². The Hall–Kier alpha value is -1.56. The Morgan fingerprint density at radius 1 is 1.53 bits per heavy atom. The van der Waals surface area contributed by atoms with Gasteiger partial charge in [0.2, 0.25) is 0 Å². The molecule has 0 radical (unpaired) electrons. The lowest BCUT2D eigenvalue weighted by Gasteiger charge is -2.17. The van der Waals surface area contributed by atoms with E-state index in [4.69, 9.17) is 9.84 Å². The zero-order valence-electron chi connectivity index (χ0n) is 10.0. The summed E-state index contributed by atoms with van der Waals surface area (Å²) in [6, 6.07) is 1.75. The first-order valence-electron chi connectivity index (χ1n) is 5.07. The predicted octanol–water partition coefficient (Wildman–Crippen LogP) is 1.75. The number of carbonyl (C=O) groups excluding carboxylic acids is 1. The van der Waals surface area contributed by atoms with Crippen molar-refractivity contribution in [3.63, 3.8) is 0 Å². The molecule has 0 saturated heterocycles. The van der Waals surface area contributed by atoms with E-state index in [0.29, 0.717) is 12.1 Å². The molecule has 1 heterocycles. The smallest absolute Gasteiger partial charge is 0.340 e. The first-order valence-corrected chi connectivity index (χ1v) is 5.89. The Morgan fingerprint density at radius 2 is 2.18 bits per heavy atom. The van der Waals surface area contributed by atoms with E-state index < -0.39 is 11.9 Å². The maximum absolute atomic E-state index is 11.5. The molecule has 0 bridgehead atoms. The standard InChI is InChI=1S/C11H15NO4S/c1-7-6-8(11(15)16-3)10(17-7)12(2)5-4-9(13)14/h6H,4-5H2,1-3H3,(H,13,14). The van der Waals surface area contributed by atoms with Crippen molar-refractivity contribution in [2.24, 2.45) is 0 Å². The summed E-state index contributed by atoms with van der Waals surface area (Å²) >= 11 is 1.45. The van der Waals surface area contributed by atoms with Gasteiger partial charge < -0.3 is 14.7 Å². The highest BCUT2D eigenvalue weighted by Crippen LogP contribution is 2.31. The molecule has 17 heavy (non-hydrogen) atoms. The number of rotatable bonds is 5. The van der Waals surface area contributed by atoms with Crippen LogP contribution < -0.4 is 4.90 Å². The van der Waals surface area contributed by atoms with Crippen LogP contribution >= 0.6 is 11.3 Å². The summed E-state index contributed by atoms with van der Waals surface area (Å²) in [5.74, 6) is -1.25. The topological polar surface area (TPSA) is 66.8 Å². The van der Waals surface area contributed by atoms with Gasteiger partial charge in [-0.2, -0.15) is 0 Å². The summed E-state index contributed by atoms with van der Waals surface area (Å²) in [6.45, 7) is 2.25. The van der Waals surface area contributed by atoms with Crippen molar-refractivity contribution in [3.8, 4) is 0 Å². The number of methoxy groups -OCH3 is 1. The number of esters is 1. The van der Waals surface area contributed by atoms with Gasteiger partial charge in [0.25, 0.3) is 0 Å². The number of ether oxygens (including phenoxy) is 1.